The van der Waals surface area contributed by atoms with Crippen molar-refractivity contribution in [3.63, 3.8) is 0 Å². The minimum Gasteiger partial charge on any atom is -0.496 e. The number of methoxy groups -OCH3 is 1. The molecule has 0 saturated carbocycles. The van der Waals surface area contributed by atoms with Gasteiger partial charge in [-0.1, -0.05) is 12.8 Å². The monoisotopic (exact) mass is 368 g/mol. The van der Waals surface area contributed by atoms with Crippen molar-refractivity contribution in [1.29, 1.82) is 0 Å². The summed E-state index contributed by atoms with van der Waals surface area (Å²) in [5.74, 6) is 0.832. The Balaban J connectivity index is 1.74. The van der Waals surface area contributed by atoms with Gasteiger partial charge in [0.05, 0.1) is 25.4 Å². The Morgan fingerprint density at radius 3 is 2.78 bits per heavy atom. The Morgan fingerprint density at radius 1 is 1.26 bits per heavy atom. The number of amides is 2. The lowest BCUT2D eigenvalue weighted by Crippen LogP contribution is -2.42. The Bertz CT molecular complexity index is 779. The highest BCUT2D eigenvalue weighted by Crippen LogP contribution is 2.30. The van der Waals surface area contributed by atoms with Crippen LogP contribution in [0.2, 0.25) is 0 Å². The topological polar surface area (TPSA) is 67.3 Å². The van der Waals surface area contributed by atoms with Gasteiger partial charge in [0.2, 0.25) is 0 Å². The van der Waals surface area contributed by atoms with Crippen LogP contribution in [-0.4, -0.2) is 34.6 Å². The van der Waals surface area contributed by atoms with E-state index in [0.717, 1.165) is 60.4 Å². The van der Waals surface area contributed by atoms with E-state index in [1.54, 1.807) is 25.7 Å². The number of hydrogen-bond acceptors (Lipinski definition) is 4. The summed E-state index contributed by atoms with van der Waals surface area (Å²) in [4.78, 5) is 23.5. The first kappa shape index (κ1) is 19.1. The number of ether oxygens (including phenoxy) is 1. The van der Waals surface area contributed by atoms with Gasteiger partial charge in [-0.25, -0.2) is 4.79 Å². The van der Waals surface area contributed by atoms with Crippen molar-refractivity contribution in [1.82, 2.24) is 20.2 Å². The van der Waals surface area contributed by atoms with Gasteiger partial charge in [0.15, 0.2) is 0 Å². The van der Waals surface area contributed by atoms with Gasteiger partial charge in [-0.3, -0.25) is 9.97 Å². The van der Waals surface area contributed by atoms with E-state index in [-0.39, 0.29) is 12.1 Å². The summed E-state index contributed by atoms with van der Waals surface area (Å²) < 4.78 is 5.46. The zero-order valence-electron chi connectivity index (χ0n) is 16.4. The molecule has 2 aromatic heterocycles. The molecule has 0 aromatic carbocycles. The molecule has 3 heterocycles. The maximum atomic E-state index is 13.0. The van der Waals surface area contributed by atoms with E-state index in [4.69, 9.17) is 4.74 Å². The molecule has 0 aliphatic carbocycles. The van der Waals surface area contributed by atoms with E-state index in [0.29, 0.717) is 6.54 Å². The minimum absolute atomic E-state index is 0.0422. The number of carbonyl (C=O) groups excluding carboxylic acids is 1. The Kier molecular flexibility index (Phi) is 6.27. The molecular formula is C21H28N4O2. The van der Waals surface area contributed by atoms with Gasteiger partial charge in [0.25, 0.3) is 0 Å². The molecule has 1 atom stereocenters. The SMILES string of the molecule is COc1c(C)cnc(CNC(=O)N2CCCCC[C@H]2c2ccncc2)c1C. The summed E-state index contributed by atoms with van der Waals surface area (Å²) in [5.41, 5.74) is 3.95. The van der Waals surface area contributed by atoms with E-state index in [1.807, 2.05) is 30.9 Å². The molecule has 1 aliphatic rings. The van der Waals surface area contributed by atoms with Gasteiger partial charge in [-0.05, 0) is 44.4 Å². The van der Waals surface area contributed by atoms with Gasteiger partial charge in [0.1, 0.15) is 5.75 Å². The van der Waals surface area contributed by atoms with Gasteiger partial charge >= 0.3 is 6.03 Å². The van der Waals surface area contributed by atoms with E-state index in [2.05, 4.69) is 15.3 Å². The van der Waals surface area contributed by atoms with Gasteiger partial charge in [-0.15, -0.1) is 0 Å². The lowest BCUT2D eigenvalue weighted by Gasteiger charge is -2.30. The van der Waals surface area contributed by atoms with Crippen LogP contribution in [0, 0.1) is 13.8 Å². The van der Waals surface area contributed by atoms with Crippen molar-refractivity contribution in [2.45, 2.75) is 52.1 Å². The van der Waals surface area contributed by atoms with Crippen molar-refractivity contribution in [3.8, 4) is 5.75 Å². The number of aryl methyl sites for hydroxylation is 1. The van der Waals surface area contributed by atoms with Crippen LogP contribution in [0.15, 0.2) is 30.7 Å². The molecule has 2 aromatic rings. The number of urea groups is 1. The van der Waals surface area contributed by atoms with Crippen molar-refractivity contribution >= 4 is 6.03 Å². The highest BCUT2D eigenvalue weighted by molar-refractivity contribution is 5.74. The zero-order chi connectivity index (χ0) is 19.2. The smallest absolute Gasteiger partial charge is 0.318 e. The second-order valence-corrected chi connectivity index (χ2v) is 7.04. The maximum absolute atomic E-state index is 13.0. The summed E-state index contributed by atoms with van der Waals surface area (Å²) in [6.45, 7) is 5.10. The van der Waals surface area contributed by atoms with Crippen LogP contribution in [0.1, 0.15) is 54.1 Å². The number of pyridine rings is 2. The molecule has 27 heavy (non-hydrogen) atoms. The Morgan fingerprint density at radius 2 is 2.04 bits per heavy atom. The third-order valence-corrected chi connectivity index (χ3v) is 5.26. The number of rotatable bonds is 4. The van der Waals surface area contributed by atoms with E-state index >= 15 is 0 Å². The molecule has 1 N–H and O–H groups in total. The van der Waals surface area contributed by atoms with E-state index in [1.165, 1.54) is 0 Å². The molecule has 1 fully saturated rings. The van der Waals surface area contributed by atoms with Gasteiger partial charge < -0.3 is 15.0 Å². The molecule has 0 spiro atoms. The van der Waals surface area contributed by atoms with Crippen molar-refractivity contribution in [2.24, 2.45) is 0 Å². The number of nitrogens with zero attached hydrogens (tertiary/aromatic N) is 3. The molecular weight excluding hydrogens is 340 g/mol. The van der Waals surface area contributed by atoms with Crippen molar-refractivity contribution < 1.29 is 9.53 Å². The van der Waals surface area contributed by atoms with Gasteiger partial charge in [0, 0.05) is 36.3 Å². The molecule has 0 bridgehead atoms. The fraction of sp³-hybridized carbons (Fsp3) is 0.476. The molecule has 0 unspecified atom stereocenters. The van der Waals surface area contributed by atoms with Crippen LogP contribution >= 0.6 is 0 Å². The lowest BCUT2D eigenvalue weighted by atomic mass is 10.0. The molecule has 1 aliphatic heterocycles. The van der Waals surface area contributed by atoms with Crippen LogP contribution in [0.3, 0.4) is 0 Å². The normalized spacial score (nSPS) is 17.3. The standard InChI is InChI=1S/C21H28N4O2/c1-15-13-23-18(16(2)20(15)27-3)14-24-21(26)25-12-6-4-5-7-19(25)17-8-10-22-11-9-17/h8-11,13,19H,4-7,12,14H2,1-3H3,(H,24,26)/t19-/m0/s1. The first-order valence-corrected chi connectivity index (χ1v) is 9.55. The van der Waals surface area contributed by atoms with Crippen LogP contribution in [0.4, 0.5) is 4.79 Å². The van der Waals surface area contributed by atoms with Crippen LogP contribution in [0.5, 0.6) is 5.75 Å². The predicted molar refractivity (Wildman–Crippen MR) is 105 cm³/mol. The second-order valence-electron chi connectivity index (χ2n) is 7.04. The highest BCUT2D eigenvalue weighted by Gasteiger charge is 2.26. The van der Waals surface area contributed by atoms with Crippen molar-refractivity contribution in [3.05, 3.63) is 53.1 Å². The fourth-order valence-electron chi connectivity index (χ4n) is 3.79. The summed E-state index contributed by atoms with van der Waals surface area (Å²) in [7, 11) is 1.66. The first-order valence-electron chi connectivity index (χ1n) is 9.55. The van der Waals surface area contributed by atoms with Gasteiger partial charge in [-0.2, -0.15) is 0 Å². The third-order valence-electron chi connectivity index (χ3n) is 5.26. The molecule has 1 saturated heterocycles. The number of aromatic nitrogens is 2. The van der Waals surface area contributed by atoms with Crippen LogP contribution in [0.25, 0.3) is 0 Å². The minimum atomic E-state index is -0.0422. The lowest BCUT2D eigenvalue weighted by molar-refractivity contribution is 0.175. The average molecular weight is 368 g/mol. The number of likely N-dealkylation sites (tertiary alicyclic amines) is 1. The molecule has 6 heteroatoms. The fourth-order valence-corrected chi connectivity index (χ4v) is 3.79. The summed E-state index contributed by atoms with van der Waals surface area (Å²) in [5, 5.41) is 3.06. The molecule has 144 valence electrons. The first-order chi connectivity index (χ1) is 13.1. The second kappa shape index (κ2) is 8.84. The number of nitrogens with one attached hydrogen (secondary N) is 1. The van der Waals surface area contributed by atoms with Crippen molar-refractivity contribution in [2.75, 3.05) is 13.7 Å². The Labute approximate surface area is 161 Å². The highest BCUT2D eigenvalue weighted by atomic mass is 16.5. The number of carbonyl (C=O) groups is 1. The summed E-state index contributed by atoms with van der Waals surface area (Å²) in [6, 6.07) is 4.07. The summed E-state index contributed by atoms with van der Waals surface area (Å²) in [6.07, 6.45) is 9.68. The average Bonchev–Trinajstić information content (AvgIpc) is 2.94. The maximum Gasteiger partial charge on any atom is 0.318 e. The quantitative estimate of drug-likeness (QED) is 0.888. The molecule has 0 radical (unpaired) electrons. The molecule has 3 rings (SSSR count). The van der Waals surface area contributed by atoms with E-state index in [9.17, 15) is 4.79 Å². The zero-order valence-corrected chi connectivity index (χ0v) is 16.4. The molecule has 6 nitrogen and oxygen atoms in total. The van der Waals surface area contributed by atoms with E-state index < -0.39 is 0 Å². The van der Waals surface area contributed by atoms with Crippen LogP contribution < -0.4 is 10.1 Å². The number of hydrogen-bond donors (Lipinski definition) is 1. The summed E-state index contributed by atoms with van der Waals surface area (Å²) >= 11 is 0. The third kappa shape index (κ3) is 4.38. The predicted octanol–water partition coefficient (Wildman–Crippen LogP) is 3.93. The molecule has 2 amide bonds. The largest absolute Gasteiger partial charge is 0.496 e. The Hall–Kier alpha value is -2.63. The van der Waals surface area contributed by atoms with Crippen LogP contribution in [-0.2, 0) is 6.54 Å².